The summed E-state index contributed by atoms with van der Waals surface area (Å²) in [6.07, 6.45) is 0. The van der Waals surface area contributed by atoms with E-state index >= 15 is 0 Å². The number of anilines is 2. The molecule has 3 nitrogen and oxygen atoms in total. The number of hydrogen-bond donors (Lipinski definition) is 1. The maximum Gasteiger partial charge on any atom is 0.338 e. The summed E-state index contributed by atoms with van der Waals surface area (Å²) < 4.78 is 4.94. The lowest BCUT2D eigenvalue weighted by Gasteiger charge is -2.11. The van der Waals surface area contributed by atoms with Gasteiger partial charge in [-0.1, -0.05) is 29.8 Å². The maximum absolute atomic E-state index is 11.6. The van der Waals surface area contributed by atoms with Gasteiger partial charge in [-0.2, -0.15) is 0 Å². The molecule has 0 aliphatic carbocycles. The minimum Gasteiger partial charge on any atom is -0.462 e. The normalized spacial score (nSPS) is 10.2. The van der Waals surface area contributed by atoms with Gasteiger partial charge in [-0.15, -0.1) is 0 Å². The van der Waals surface area contributed by atoms with Crippen molar-refractivity contribution in [2.24, 2.45) is 0 Å². The molecule has 20 heavy (non-hydrogen) atoms. The SMILES string of the molecule is CCOC(=O)c1ccc(Nc2ccccc2C)c(Cl)c1. The van der Waals surface area contributed by atoms with Crippen LogP contribution in [0, 0.1) is 6.92 Å². The Balaban J connectivity index is 2.22. The van der Waals surface area contributed by atoms with Crippen molar-refractivity contribution in [1.82, 2.24) is 0 Å². The number of carbonyl (C=O) groups is 1. The minimum absolute atomic E-state index is 0.347. The van der Waals surface area contributed by atoms with Gasteiger partial charge in [0.2, 0.25) is 0 Å². The number of ether oxygens (including phenoxy) is 1. The molecule has 0 aliphatic heterocycles. The van der Waals surface area contributed by atoms with E-state index in [0.29, 0.717) is 17.2 Å². The first-order valence-corrected chi connectivity index (χ1v) is 6.79. The van der Waals surface area contributed by atoms with Crippen LogP contribution in [0.1, 0.15) is 22.8 Å². The summed E-state index contributed by atoms with van der Waals surface area (Å²) in [5.74, 6) is -0.364. The number of aryl methyl sites for hydroxylation is 1. The average molecular weight is 290 g/mol. The molecule has 0 saturated heterocycles. The van der Waals surface area contributed by atoms with E-state index in [1.165, 1.54) is 0 Å². The van der Waals surface area contributed by atoms with Crippen LogP contribution in [-0.4, -0.2) is 12.6 Å². The molecule has 2 aromatic carbocycles. The fourth-order valence-electron chi connectivity index (χ4n) is 1.82. The molecule has 0 aliphatic rings. The molecule has 0 radical (unpaired) electrons. The van der Waals surface area contributed by atoms with Gasteiger partial charge in [0.1, 0.15) is 0 Å². The highest BCUT2D eigenvalue weighted by Gasteiger charge is 2.10. The Morgan fingerprint density at radius 3 is 2.60 bits per heavy atom. The number of benzene rings is 2. The van der Waals surface area contributed by atoms with Gasteiger partial charge < -0.3 is 10.1 Å². The average Bonchev–Trinajstić information content (AvgIpc) is 2.43. The van der Waals surface area contributed by atoms with E-state index in [1.807, 2.05) is 31.2 Å². The third-order valence-corrected chi connectivity index (χ3v) is 3.21. The van der Waals surface area contributed by atoms with Crippen molar-refractivity contribution in [3.8, 4) is 0 Å². The second-order valence-corrected chi connectivity index (χ2v) is 4.76. The molecular formula is C16H16ClNO2. The second-order valence-electron chi connectivity index (χ2n) is 4.36. The largest absolute Gasteiger partial charge is 0.462 e. The van der Waals surface area contributed by atoms with Crippen molar-refractivity contribution in [2.75, 3.05) is 11.9 Å². The zero-order chi connectivity index (χ0) is 14.5. The number of carbonyl (C=O) groups excluding carboxylic acids is 1. The van der Waals surface area contributed by atoms with E-state index in [2.05, 4.69) is 5.32 Å². The summed E-state index contributed by atoms with van der Waals surface area (Å²) in [4.78, 5) is 11.6. The van der Waals surface area contributed by atoms with E-state index in [9.17, 15) is 4.79 Å². The molecule has 0 saturated carbocycles. The van der Waals surface area contributed by atoms with Crippen LogP contribution in [0.15, 0.2) is 42.5 Å². The van der Waals surface area contributed by atoms with E-state index in [0.717, 1.165) is 16.9 Å². The van der Waals surface area contributed by atoms with Crippen LogP contribution < -0.4 is 5.32 Å². The molecule has 2 aromatic rings. The van der Waals surface area contributed by atoms with Crippen molar-refractivity contribution in [2.45, 2.75) is 13.8 Å². The topological polar surface area (TPSA) is 38.3 Å². The third kappa shape index (κ3) is 3.31. The predicted octanol–water partition coefficient (Wildman–Crippen LogP) is 4.57. The van der Waals surface area contributed by atoms with Gasteiger partial charge in [0, 0.05) is 5.69 Å². The highest BCUT2D eigenvalue weighted by Crippen LogP contribution is 2.28. The summed E-state index contributed by atoms with van der Waals surface area (Å²) in [7, 11) is 0. The van der Waals surface area contributed by atoms with Gasteiger partial charge in [0.15, 0.2) is 0 Å². The van der Waals surface area contributed by atoms with Crippen LogP contribution >= 0.6 is 11.6 Å². The van der Waals surface area contributed by atoms with Gasteiger partial charge in [-0.3, -0.25) is 0 Å². The summed E-state index contributed by atoms with van der Waals surface area (Å²) >= 11 is 6.21. The van der Waals surface area contributed by atoms with Crippen molar-refractivity contribution >= 4 is 28.9 Å². The summed E-state index contributed by atoms with van der Waals surface area (Å²) in [5, 5.41) is 3.74. The van der Waals surface area contributed by atoms with Crippen LogP contribution in [0.5, 0.6) is 0 Å². The number of rotatable bonds is 4. The molecule has 0 spiro atoms. The summed E-state index contributed by atoms with van der Waals surface area (Å²) in [6.45, 7) is 4.14. The van der Waals surface area contributed by atoms with E-state index in [-0.39, 0.29) is 5.97 Å². The van der Waals surface area contributed by atoms with E-state index in [4.69, 9.17) is 16.3 Å². The van der Waals surface area contributed by atoms with Gasteiger partial charge in [0.05, 0.1) is 22.9 Å². The zero-order valence-electron chi connectivity index (χ0n) is 11.4. The Morgan fingerprint density at radius 2 is 1.95 bits per heavy atom. The number of hydrogen-bond acceptors (Lipinski definition) is 3. The molecule has 0 fully saturated rings. The van der Waals surface area contributed by atoms with E-state index < -0.39 is 0 Å². The first-order chi connectivity index (χ1) is 9.61. The lowest BCUT2D eigenvalue weighted by atomic mass is 10.1. The Morgan fingerprint density at radius 1 is 1.20 bits per heavy atom. The van der Waals surface area contributed by atoms with Crippen molar-refractivity contribution in [3.05, 3.63) is 58.6 Å². The van der Waals surface area contributed by atoms with Gasteiger partial charge in [-0.25, -0.2) is 4.79 Å². The van der Waals surface area contributed by atoms with Crippen LogP contribution in [0.4, 0.5) is 11.4 Å². The molecular weight excluding hydrogens is 274 g/mol. The van der Waals surface area contributed by atoms with Crippen molar-refractivity contribution in [3.63, 3.8) is 0 Å². The molecule has 2 rings (SSSR count). The van der Waals surface area contributed by atoms with E-state index in [1.54, 1.807) is 25.1 Å². The number of halogens is 1. The maximum atomic E-state index is 11.6. The van der Waals surface area contributed by atoms with Crippen LogP contribution in [0.2, 0.25) is 5.02 Å². The van der Waals surface area contributed by atoms with Crippen LogP contribution in [-0.2, 0) is 4.74 Å². The van der Waals surface area contributed by atoms with Gasteiger partial charge in [-0.05, 0) is 43.7 Å². The molecule has 0 heterocycles. The third-order valence-electron chi connectivity index (χ3n) is 2.89. The predicted molar refractivity (Wildman–Crippen MR) is 81.9 cm³/mol. The number of para-hydroxylation sites is 1. The first kappa shape index (κ1) is 14.4. The molecule has 1 N–H and O–H groups in total. The molecule has 4 heteroatoms. The second kappa shape index (κ2) is 6.44. The van der Waals surface area contributed by atoms with Gasteiger partial charge in [0.25, 0.3) is 0 Å². The number of esters is 1. The number of nitrogens with one attached hydrogen (secondary N) is 1. The molecule has 0 bridgehead atoms. The fourth-order valence-corrected chi connectivity index (χ4v) is 2.04. The molecule has 0 unspecified atom stereocenters. The fraction of sp³-hybridized carbons (Fsp3) is 0.188. The first-order valence-electron chi connectivity index (χ1n) is 6.41. The van der Waals surface area contributed by atoms with Gasteiger partial charge >= 0.3 is 5.97 Å². The molecule has 104 valence electrons. The quantitative estimate of drug-likeness (QED) is 0.838. The highest BCUT2D eigenvalue weighted by atomic mass is 35.5. The molecule has 0 atom stereocenters. The Labute approximate surface area is 123 Å². The van der Waals surface area contributed by atoms with Crippen LogP contribution in [0.3, 0.4) is 0 Å². The lowest BCUT2D eigenvalue weighted by Crippen LogP contribution is -2.05. The van der Waals surface area contributed by atoms with Crippen LogP contribution in [0.25, 0.3) is 0 Å². The summed E-state index contributed by atoms with van der Waals surface area (Å²) in [5.41, 5.74) is 3.32. The highest BCUT2D eigenvalue weighted by molar-refractivity contribution is 6.33. The van der Waals surface area contributed by atoms with Crippen molar-refractivity contribution < 1.29 is 9.53 Å². The zero-order valence-corrected chi connectivity index (χ0v) is 12.2. The van der Waals surface area contributed by atoms with Crippen molar-refractivity contribution in [1.29, 1.82) is 0 Å². The Kier molecular flexibility index (Phi) is 4.64. The molecule has 0 amide bonds. The smallest absolute Gasteiger partial charge is 0.338 e. The summed E-state index contributed by atoms with van der Waals surface area (Å²) in [6, 6.07) is 13.0. The monoisotopic (exact) mass is 289 g/mol. The molecule has 0 aromatic heterocycles. The lowest BCUT2D eigenvalue weighted by molar-refractivity contribution is 0.0526. The Bertz CT molecular complexity index is 626. The minimum atomic E-state index is -0.364. The Hall–Kier alpha value is -2.00. The standard InChI is InChI=1S/C16H16ClNO2/c1-3-20-16(19)12-8-9-15(13(17)10-12)18-14-7-5-4-6-11(14)2/h4-10,18H,3H2,1-2H3.